The lowest BCUT2D eigenvalue weighted by molar-refractivity contribution is -0.198. The molecule has 5 atom stereocenters. The van der Waals surface area contributed by atoms with Gasteiger partial charge in [-0.05, 0) is 18.1 Å². The first-order chi connectivity index (χ1) is 15.7. The Morgan fingerprint density at radius 3 is 2.18 bits per heavy atom. The van der Waals surface area contributed by atoms with Crippen molar-refractivity contribution in [3.63, 3.8) is 0 Å². The standard InChI is InChI=1S/C23H32N2O8/c1-2-3-4-9-16(26)24-14(23(32)33)10-12-11-25(15-8-6-5-7-13(12)15)17-18(27)20(29)22(31)21(30)19(17)28/h5-8,11,14,17-22,27-31H,2-4,9-10H2,1H3,(H,24,26)(H,32,33). The zero-order chi connectivity index (χ0) is 24.3. The molecule has 1 fully saturated rings. The second-order valence-electron chi connectivity index (χ2n) is 8.64. The summed E-state index contributed by atoms with van der Waals surface area (Å²) in [5, 5.41) is 64.1. The van der Waals surface area contributed by atoms with Crippen molar-refractivity contribution in [3.8, 4) is 0 Å². The molecule has 1 aromatic carbocycles. The first-order valence-electron chi connectivity index (χ1n) is 11.2. The molecule has 10 heteroatoms. The Morgan fingerprint density at radius 1 is 0.970 bits per heavy atom. The van der Waals surface area contributed by atoms with Crippen LogP contribution in [-0.2, 0) is 16.0 Å². The van der Waals surface area contributed by atoms with Crippen LogP contribution in [0.2, 0.25) is 0 Å². The summed E-state index contributed by atoms with van der Waals surface area (Å²) in [6, 6.07) is 4.53. The second kappa shape index (κ2) is 10.6. The summed E-state index contributed by atoms with van der Waals surface area (Å²) < 4.78 is 1.47. The number of carbonyl (C=O) groups excluding carboxylic acids is 1. The number of amides is 1. The van der Waals surface area contributed by atoms with Crippen molar-refractivity contribution in [1.29, 1.82) is 0 Å². The molecule has 1 saturated carbocycles. The van der Waals surface area contributed by atoms with Gasteiger partial charge in [0.05, 0.1) is 6.04 Å². The molecule has 5 unspecified atom stereocenters. The maximum atomic E-state index is 12.2. The van der Waals surface area contributed by atoms with E-state index >= 15 is 0 Å². The molecule has 1 aliphatic rings. The van der Waals surface area contributed by atoms with Crippen LogP contribution in [0.3, 0.4) is 0 Å². The third-order valence-electron chi connectivity index (χ3n) is 6.31. The Morgan fingerprint density at radius 2 is 1.58 bits per heavy atom. The van der Waals surface area contributed by atoms with Gasteiger partial charge >= 0.3 is 5.97 Å². The van der Waals surface area contributed by atoms with E-state index in [9.17, 15) is 40.2 Å². The number of carbonyl (C=O) groups is 2. The fourth-order valence-corrected chi connectivity index (χ4v) is 4.45. The van der Waals surface area contributed by atoms with Crippen molar-refractivity contribution in [2.75, 3.05) is 0 Å². The van der Waals surface area contributed by atoms with Crippen LogP contribution in [0.5, 0.6) is 0 Å². The van der Waals surface area contributed by atoms with Crippen LogP contribution in [0.15, 0.2) is 30.5 Å². The summed E-state index contributed by atoms with van der Waals surface area (Å²) in [4.78, 5) is 24.0. The fraction of sp³-hybridized carbons (Fsp3) is 0.565. The van der Waals surface area contributed by atoms with Gasteiger partial charge in [-0.15, -0.1) is 0 Å². The third kappa shape index (κ3) is 5.20. The molecule has 7 N–H and O–H groups in total. The van der Waals surface area contributed by atoms with Gasteiger partial charge in [-0.2, -0.15) is 0 Å². The van der Waals surface area contributed by atoms with Gasteiger partial charge in [-0.25, -0.2) is 4.79 Å². The third-order valence-corrected chi connectivity index (χ3v) is 6.31. The molecule has 0 bridgehead atoms. The summed E-state index contributed by atoms with van der Waals surface area (Å²) in [6.45, 7) is 2.01. The highest BCUT2D eigenvalue weighted by Crippen LogP contribution is 2.35. The molecular weight excluding hydrogens is 432 g/mol. The number of aliphatic carboxylic acids is 1. The number of carboxylic acids is 1. The lowest BCUT2D eigenvalue weighted by atomic mass is 9.83. The van der Waals surface area contributed by atoms with E-state index in [0.717, 1.165) is 12.8 Å². The van der Waals surface area contributed by atoms with E-state index in [1.807, 2.05) is 6.92 Å². The van der Waals surface area contributed by atoms with Gasteiger partial charge in [-0.3, -0.25) is 4.79 Å². The Hall–Kier alpha value is -2.50. The van der Waals surface area contributed by atoms with Crippen LogP contribution in [0, 0.1) is 0 Å². The van der Waals surface area contributed by atoms with Crippen molar-refractivity contribution in [3.05, 3.63) is 36.0 Å². The normalized spacial score (nSPS) is 28.5. The van der Waals surface area contributed by atoms with Crippen molar-refractivity contribution in [1.82, 2.24) is 9.88 Å². The molecule has 1 amide bonds. The average molecular weight is 465 g/mol. The van der Waals surface area contributed by atoms with Gasteiger partial charge in [0.1, 0.15) is 36.6 Å². The predicted octanol–water partition coefficient (Wildman–Crippen LogP) is -0.307. The second-order valence-corrected chi connectivity index (χ2v) is 8.64. The molecule has 1 aliphatic carbocycles. The quantitative estimate of drug-likeness (QED) is 0.248. The Balaban J connectivity index is 1.92. The van der Waals surface area contributed by atoms with E-state index < -0.39 is 48.6 Å². The minimum Gasteiger partial charge on any atom is -0.480 e. The molecule has 0 spiro atoms. The minimum atomic E-state index is -1.72. The molecule has 3 rings (SSSR count). The molecule has 0 aliphatic heterocycles. The number of benzene rings is 1. The molecule has 10 nitrogen and oxygen atoms in total. The largest absolute Gasteiger partial charge is 0.480 e. The van der Waals surface area contributed by atoms with E-state index in [-0.39, 0.29) is 18.7 Å². The number of nitrogens with zero attached hydrogens (tertiary/aromatic N) is 1. The molecular formula is C23H32N2O8. The fourth-order valence-electron chi connectivity index (χ4n) is 4.45. The van der Waals surface area contributed by atoms with Gasteiger partial charge in [-0.1, -0.05) is 38.0 Å². The monoisotopic (exact) mass is 464 g/mol. The smallest absolute Gasteiger partial charge is 0.326 e. The number of hydrogen-bond donors (Lipinski definition) is 7. The highest BCUT2D eigenvalue weighted by atomic mass is 16.4. The van der Waals surface area contributed by atoms with E-state index in [1.165, 1.54) is 10.8 Å². The molecule has 0 saturated heterocycles. The number of unbranched alkanes of at least 4 members (excludes halogenated alkanes) is 2. The first-order valence-corrected chi connectivity index (χ1v) is 11.2. The van der Waals surface area contributed by atoms with Crippen LogP contribution >= 0.6 is 0 Å². The van der Waals surface area contributed by atoms with E-state index in [4.69, 9.17) is 0 Å². The maximum Gasteiger partial charge on any atom is 0.326 e. The zero-order valence-electron chi connectivity index (χ0n) is 18.4. The van der Waals surface area contributed by atoms with Gasteiger partial charge in [0.15, 0.2) is 0 Å². The van der Waals surface area contributed by atoms with Crippen molar-refractivity contribution >= 4 is 22.8 Å². The SMILES string of the molecule is CCCCCC(=O)NC(Cc1cn(C2C(O)C(O)C(O)C(O)C2O)c2ccccc12)C(=O)O. The van der Waals surface area contributed by atoms with E-state index in [2.05, 4.69) is 5.32 Å². The number of fused-ring (bicyclic) bond motifs is 1. The van der Waals surface area contributed by atoms with E-state index in [1.54, 1.807) is 24.3 Å². The zero-order valence-corrected chi connectivity index (χ0v) is 18.4. The molecule has 2 aromatic rings. The Bertz CT molecular complexity index is 961. The number of aromatic nitrogens is 1. The lowest BCUT2D eigenvalue weighted by Gasteiger charge is -2.42. The van der Waals surface area contributed by atoms with Gasteiger partial charge in [0.25, 0.3) is 0 Å². The lowest BCUT2D eigenvalue weighted by Crippen LogP contribution is -2.61. The number of rotatable bonds is 9. The van der Waals surface area contributed by atoms with Crippen molar-refractivity contribution in [2.45, 2.75) is 81.6 Å². The van der Waals surface area contributed by atoms with Crippen LogP contribution in [-0.4, -0.2) is 83.6 Å². The van der Waals surface area contributed by atoms with Crippen molar-refractivity contribution < 1.29 is 40.2 Å². The van der Waals surface area contributed by atoms with Crippen LogP contribution in [0.4, 0.5) is 0 Å². The van der Waals surface area contributed by atoms with Gasteiger partial charge in [0, 0.05) is 29.9 Å². The molecule has 182 valence electrons. The van der Waals surface area contributed by atoms with Gasteiger partial charge < -0.3 is 40.5 Å². The van der Waals surface area contributed by atoms with Crippen LogP contribution < -0.4 is 5.32 Å². The predicted molar refractivity (Wildman–Crippen MR) is 118 cm³/mol. The Labute approximate surface area is 191 Å². The summed E-state index contributed by atoms with van der Waals surface area (Å²) in [7, 11) is 0. The van der Waals surface area contributed by atoms with Gasteiger partial charge in [0.2, 0.25) is 5.91 Å². The average Bonchev–Trinajstić information content (AvgIpc) is 3.14. The number of para-hydroxylation sites is 1. The van der Waals surface area contributed by atoms with Crippen LogP contribution in [0.25, 0.3) is 10.9 Å². The molecule has 1 heterocycles. The molecule has 0 radical (unpaired) electrons. The maximum absolute atomic E-state index is 12.2. The summed E-state index contributed by atoms with van der Waals surface area (Å²) >= 11 is 0. The highest BCUT2D eigenvalue weighted by Gasteiger charge is 2.49. The number of carboxylic acid groups (broad SMARTS) is 1. The highest BCUT2D eigenvalue weighted by molar-refractivity contribution is 5.87. The number of nitrogens with one attached hydrogen (secondary N) is 1. The van der Waals surface area contributed by atoms with Crippen LogP contribution in [0.1, 0.15) is 44.2 Å². The van der Waals surface area contributed by atoms with Crippen molar-refractivity contribution in [2.24, 2.45) is 0 Å². The minimum absolute atomic E-state index is 0.0466. The summed E-state index contributed by atoms with van der Waals surface area (Å²) in [6.07, 6.45) is -4.06. The molecule has 1 aromatic heterocycles. The first kappa shape index (κ1) is 25.1. The number of aliphatic hydroxyl groups excluding tert-OH is 5. The molecule has 33 heavy (non-hydrogen) atoms. The Kier molecular flexibility index (Phi) is 8.09. The summed E-state index contributed by atoms with van der Waals surface area (Å²) in [5.74, 6) is -1.54. The van der Waals surface area contributed by atoms with E-state index in [0.29, 0.717) is 22.9 Å². The number of hydrogen-bond acceptors (Lipinski definition) is 7. The number of aliphatic hydroxyl groups is 5. The summed E-state index contributed by atoms with van der Waals surface area (Å²) in [5.41, 5.74) is 1.08. The topological polar surface area (TPSA) is 172 Å².